The largest absolute Gasteiger partial charge is 0.496 e. The molecule has 1 atom stereocenters. The van der Waals surface area contributed by atoms with Crippen LogP contribution in [0.4, 0.5) is 11.4 Å². The zero-order valence-electron chi connectivity index (χ0n) is 18.2. The zero-order valence-corrected chi connectivity index (χ0v) is 18.2. The standard InChI is InChI=1S/C25H32N2O/c1-8-17(2)19-9-11-21(12-10-19)26-16-20-13-22-18(3)15-25(4,5)27(6)23(22)14-24(20)28-7/h9-17H,8H2,1-7H3. The molecule has 0 aliphatic carbocycles. The van der Waals surface area contributed by atoms with E-state index in [-0.39, 0.29) is 5.54 Å². The van der Waals surface area contributed by atoms with E-state index in [1.165, 1.54) is 22.4 Å². The van der Waals surface area contributed by atoms with E-state index in [4.69, 9.17) is 9.73 Å². The van der Waals surface area contributed by atoms with Crippen LogP contribution in [0.5, 0.6) is 5.75 Å². The van der Waals surface area contributed by atoms with Gasteiger partial charge in [-0.25, -0.2) is 0 Å². The summed E-state index contributed by atoms with van der Waals surface area (Å²) < 4.78 is 5.68. The summed E-state index contributed by atoms with van der Waals surface area (Å²) in [7, 11) is 3.85. The predicted molar refractivity (Wildman–Crippen MR) is 122 cm³/mol. The lowest BCUT2D eigenvalue weighted by Crippen LogP contribution is -2.42. The third kappa shape index (κ3) is 3.84. The van der Waals surface area contributed by atoms with Gasteiger partial charge < -0.3 is 9.64 Å². The molecule has 148 valence electrons. The lowest BCUT2D eigenvalue weighted by Gasteiger charge is -2.40. The highest BCUT2D eigenvalue weighted by Crippen LogP contribution is 2.41. The van der Waals surface area contributed by atoms with Crippen molar-refractivity contribution in [3.63, 3.8) is 0 Å². The summed E-state index contributed by atoms with van der Waals surface area (Å²) >= 11 is 0. The maximum absolute atomic E-state index is 5.68. The van der Waals surface area contributed by atoms with E-state index in [0.717, 1.165) is 23.4 Å². The monoisotopic (exact) mass is 376 g/mol. The van der Waals surface area contributed by atoms with E-state index in [1.807, 2.05) is 6.21 Å². The first-order valence-corrected chi connectivity index (χ1v) is 10.1. The van der Waals surface area contributed by atoms with Crippen molar-refractivity contribution >= 4 is 23.2 Å². The molecule has 28 heavy (non-hydrogen) atoms. The molecule has 0 saturated carbocycles. The van der Waals surface area contributed by atoms with Gasteiger partial charge in [0.1, 0.15) is 5.75 Å². The van der Waals surface area contributed by atoms with Gasteiger partial charge in [-0.2, -0.15) is 0 Å². The van der Waals surface area contributed by atoms with Gasteiger partial charge in [0.2, 0.25) is 0 Å². The molecule has 0 radical (unpaired) electrons. The number of nitrogens with zero attached hydrogens (tertiary/aromatic N) is 2. The molecule has 3 rings (SSSR count). The highest BCUT2D eigenvalue weighted by Gasteiger charge is 2.29. The van der Waals surface area contributed by atoms with Gasteiger partial charge in [0.25, 0.3) is 0 Å². The van der Waals surface area contributed by atoms with Crippen molar-refractivity contribution in [2.45, 2.75) is 52.5 Å². The van der Waals surface area contributed by atoms with Crippen molar-refractivity contribution in [1.82, 2.24) is 0 Å². The van der Waals surface area contributed by atoms with Crippen molar-refractivity contribution in [2.24, 2.45) is 4.99 Å². The van der Waals surface area contributed by atoms with Crippen molar-refractivity contribution in [1.29, 1.82) is 0 Å². The van der Waals surface area contributed by atoms with E-state index in [0.29, 0.717) is 5.92 Å². The number of fused-ring (bicyclic) bond motifs is 1. The van der Waals surface area contributed by atoms with Crippen LogP contribution in [-0.2, 0) is 0 Å². The second kappa shape index (κ2) is 7.83. The maximum Gasteiger partial charge on any atom is 0.129 e. The fourth-order valence-electron chi connectivity index (χ4n) is 3.74. The van der Waals surface area contributed by atoms with E-state index in [9.17, 15) is 0 Å². The summed E-state index contributed by atoms with van der Waals surface area (Å²) in [5.74, 6) is 1.42. The van der Waals surface area contributed by atoms with Gasteiger partial charge in [-0.05, 0) is 62.4 Å². The number of hydrogen-bond donors (Lipinski definition) is 0. The first kappa shape index (κ1) is 20.2. The fourth-order valence-corrected chi connectivity index (χ4v) is 3.74. The quantitative estimate of drug-likeness (QED) is 0.550. The Morgan fingerprint density at radius 2 is 1.86 bits per heavy atom. The predicted octanol–water partition coefficient (Wildman–Crippen LogP) is 6.59. The summed E-state index contributed by atoms with van der Waals surface area (Å²) in [4.78, 5) is 6.99. The fraction of sp³-hybridized carbons (Fsp3) is 0.400. The summed E-state index contributed by atoms with van der Waals surface area (Å²) in [6.07, 6.45) is 5.37. The second-order valence-corrected chi connectivity index (χ2v) is 8.31. The van der Waals surface area contributed by atoms with Crippen LogP contribution < -0.4 is 9.64 Å². The third-order valence-electron chi connectivity index (χ3n) is 6.00. The van der Waals surface area contributed by atoms with Crippen LogP contribution in [0.1, 0.15) is 63.6 Å². The van der Waals surface area contributed by atoms with Crippen LogP contribution in [0.25, 0.3) is 5.57 Å². The summed E-state index contributed by atoms with van der Waals surface area (Å²) in [5, 5.41) is 0. The average molecular weight is 377 g/mol. The number of aliphatic imine (C=N–C) groups is 1. The minimum atomic E-state index is -0.0188. The van der Waals surface area contributed by atoms with Crippen LogP contribution in [0.3, 0.4) is 0 Å². The minimum absolute atomic E-state index is 0.0188. The van der Waals surface area contributed by atoms with Gasteiger partial charge >= 0.3 is 0 Å². The third-order valence-corrected chi connectivity index (χ3v) is 6.00. The summed E-state index contributed by atoms with van der Waals surface area (Å²) in [5.41, 5.74) is 7.00. The van der Waals surface area contributed by atoms with Gasteiger partial charge in [0.05, 0.1) is 18.3 Å². The van der Waals surface area contributed by atoms with Crippen molar-refractivity contribution in [3.8, 4) is 5.75 Å². The number of rotatable bonds is 5. The number of allylic oxidation sites excluding steroid dienone is 1. The van der Waals surface area contributed by atoms with E-state index < -0.39 is 0 Å². The lowest BCUT2D eigenvalue weighted by molar-refractivity contribution is 0.414. The Bertz CT molecular complexity index is 907. The van der Waals surface area contributed by atoms with E-state index in [1.54, 1.807) is 7.11 Å². The lowest BCUT2D eigenvalue weighted by atomic mass is 9.88. The number of anilines is 1. The molecule has 0 N–H and O–H groups in total. The van der Waals surface area contributed by atoms with E-state index in [2.05, 4.69) is 89.0 Å². The number of likely N-dealkylation sites (N-methyl/N-ethyl adjacent to an activating group) is 1. The zero-order chi connectivity index (χ0) is 20.5. The number of benzene rings is 2. The Morgan fingerprint density at radius 1 is 1.18 bits per heavy atom. The smallest absolute Gasteiger partial charge is 0.129 e. The van der Waals surface area contributed by atoms with Gasteiger partial charge in [-0.3, -0.25) is 4.99 Å². The van der Waals surface area contributed by atoms with Gasteiger partial charge in [0.15, 0.2) is 0 Å². The molecule has 0 saturated heterocycles. The molecule has 1 heterocycles. The minimum Gasteiger partial charge on any atom is -0.496 e. The van der Waals surface area contributed by atoms with E-state index >= 15 is 0 Å². The maximum atomic E-state index is 5.68. The molecule has 1 unspecified atom stereocenters. The molecular weight excluding hydrogens is 344 g/mol. The molecule has 0 bridgehead atoms. The average Bonchev–Trinajstić information content (AvgIpc) is 2.69. The number of hydrogen-bond acceptors (Lipinski definition) is 3. The Hall–Kier alpha value is -2.55. The molecule has 1 aliphatic rings. The topological polar surface area (TPSA) is 24.8 Å². The van der Waals surface area contributed by atoms with Crippen molar-refractivity contribution in [2.75, 3.05) is 19.1 Å². The van der Waals surface area contributed by atoms with Crippen LogP contribution in [-0.4, -0.2) is 25.9 Å². The molecule has 2 aromatic carbocycles. The normalized spacial score (nSPS) is 16.7. The first-order chi connectivity index (χ1) is 13.3. The molecule has 0 amide bonds. The van der Waals surface area contributed by atoms with Crippen LogP contribution >= 0.6 is 0 Å². The Morgan fingerprint density at radius 3 is 2.46 bits per heavy atom. The Labute approximate surface area is 169 Å². The van der Waals surface area contributed by atoms with Crippen LogP contribution in [0, 0.1) is 0 Å². The van der Waals surface area contributed by atoms with Crippen molar-refractivity contribution in [3.05, 3.63) is 59.2 Å². The van der Waals surface area contributed by atoms with Gasteiger partial charge in [-0.15, -0.1) is 0 Å². The molecule has 0 aromatic heterocycles. The van der Waals surface area contributed by atoms with Gasteiger partial charge in [0, 0.05) is 36.1 Å². The second-order valence-electron chi connectivity index (χ2n) is 8.31. The molecular formula is C25H32N2O. The van der Waals surface area contributed by atoms with Crippen molar-refractivity contribution < 1.29 is 4.74 Å². The first-order valence-electron chi connectivity index (χ1n) is 10.1. The highest BCUT2D eigenvalue weighted by molar-refractivity contribution is 5.91. The SMILES string of the molecule is CCC(C)c1ccc(N=Cc2cc3c(cc2OC)N(C)C(C)(C)C=C3C)cc1. The van der Waals surface area contributed by atoms with Crippen LogP contribution in [0.2, 0.25) is 0 Å². The van der Waals surface area contributed by atoms with Crippen LogP contribution in [0.15, 0.2) is 47.5 Å². The molecule has 1 aliphatic heterocycles. The highest BCUT2D eigenvalue weighted by atomic mass is 16.5. The molecule has 0 fully saturated rings. The summed E-state index contributed by atoms with van der Waals surface area (Å²) in [6.45, 7) is 11.1. The number of methoxy groups -OCH3 is 1. The number of ether oxygens (including phenoxy) is 1. The molecule has 3 nitrogen and oxygen atoms in total. The van der Waals surface area contributed by atoms with Gasteiger partial charge in [-0.1, -0.05) is 32.1 Å². The molecule has 3 heteroatoms. The molecule has 0 spiro atoms. The Balaban J connectivity index is 1.95. The Kier molecular flexibility index (Phi) is 5.64. The summed E-state index contributed by atoms with van der Waals surface area (Å²) in [6, 6.07) is 12.8. The molecule has 2 aromatic rings.